The lowest BCUT2D eigenvalue weighted by Gasteiger charge is -2.26. The number of fused-ring (bicyclic) bond motifs is 1. The van der Waals surface area contributed by atoms with Gasteiger partial charge in [0, 0.05) is 24.7 Å². The van der Waals surface area contributed by atoms with Gasteiger partial charge in [-0.1, -0.05) is 13.8 Å². The van der Waals surface area contributed by atoms with Gasteiger partial charge in [0.1, 0.15) is 6.04 Å². The number of carboxylic acids is 1. The molecular weight excluding hydrogens is 284 g/mol. The van der Waals surface area contributed by atoms with Crippen molar-refractivity contribution >= 4 is 23.5 Å². The minimum atomic E-state index is -1.05. The molecule has 6 nitrogen and oxygen atoms in total. The van der Waals surface area contributed by atoms with Crippen molar-refractivity contribution in [2.45, 2.75) is 32.7 Å². The van der Waals surface area contributed by atoms with E-state index in [1.54, 1.807) is 44.0 Å². The van der Waals surface area contributed by atoms with Crippen LogP contribution < -0.4 is 10.2 Å². The predicted molar refractivity (Wildman–Crippen MR) is 81.9 cm³/mol. The van der Waals surface area contributed by atoms with Crippen LogP contribution in [-0.4, -0.2) is 36.0 Å². The standard InChI is InChI=1S/C16H20N2O4/c1-9(2)14(16(21)22)17-15(20)11-4-6-12-10(8-11)5-7-13(19)18(12)3/h4,6,8-9,14H,5,7H2,1-3H3,(H,17,20)(H,21,22)/t14-/m1/s1. The first-order chi connectivity index (χ1) is 10.3. The van der Waals surface area contributed by atoms with Crippen LogP contribution in [0.1, 0.15) is 36.2 Å². The fraction of sp³-hybridized carbons (Fsp3) is 0.438. The van der Waals surface area contributed by atoms with Gasteiger partial charge in [0.05, 0.1) is 0 Å². The molecule has 0 unspecified atom stereocenters. The number of nitrogens with one attached hydrogen (secondary N) is 1. The van der Waals surface area contributed by atoms with E-state index in [0.29, 0.717) is 18.4 Å². The number of anilines is 1. The van der Waals surface area contributed by atoms with Gasteiger partial charge in [-0.2, -0.15) is 0 Å². The molecule has 2 amide bonds. The largest absolute Gasteiger partial charge is 0.480 e. The normalized spacial score (nSPS) is 15.5. The fourth-order valence-corrected chi connectivity index (χ4v) is 2.54. The van der Waals surface area contributed by atoms with Gasteiger partial charge in [-0.25, -0.2) is 4.79 Å². The molecule has 6 heteroatoms. The van der Waals surface area contributed by atoms with Crippen LogP contribution in [0.5, 0.6) is 0 Å². The van der Waals surface area contributed by atoms with Crippen molar-refractivity contribution in [2.24, 2.45) is 5.92 Å². The first-order valence-electron chi connectivity index (χ1n) is 7.24. The molecular formula is C16H20N2O4. The van der Waals surface area contributed by atoms with Crippen molar-refractivity contribution in [1.29, 1.82) is 0 Å². The van der Waals surface area contributed by atoms with Crippen molar-refractivity contribution in [3.8, 4) is 0 Å². The maximum Gasteiger partial charge on any atom is 0.326 e. The lowest BCUT2D eigenvalue weighted by molar-refractivity contribution is -0.140. The zero-order valence-corrected chi connectivity index (χ0v) is 12.9. The van der Waals surface area contributed by atoms with E-state index in [-0.39, 0.29) is 11.8 Å². The number of nitrogens with zero attached hydrogens (tertiary/aromatic N) is 1. The Balaban J connectivity index is 2.22. The van der Waals surface area contributed by atoms with Crippen LogP contribution in [0.25, 0.3) is 0 Å². The summed E-state index contributed by atoms with van der Waals surface area (Å²) in [4.78, 5) is 36.6. The molecule has 22 heavy (non-hydrogen) atoms. The van der Waals surface area contributed by atoms with Gasteiger partial charge in [-0.3, -0.25) is 9.59 Å². The molecule has 1 aliphatic heterocycles. The summed E-state index contributed by atoms with van der Waals surface area (Å²) in [5, 5.41) is 11.7. The monoisotopic (exact) mass is 304 g/mol. The van der Waals surface area contributed by atoms with Gasteiger partial charge >= 0.3 is 5.97 Å². The van der Waals surface area contributed by atoms with E-state index in [4.69, 9.17) is 5.11 Å². The molecule has 1 atom stereocenters. The molecule has 1 aromatic rings. The zero-order chi connectivity index (χ0) is 16.4. The van der Waals surface area contributed by atoms with Crippen LogP contribution in [0.3, 0.4) is 0 Å². The first-order valence-corrected chi connectivity index (χ1v) is 7.24. The van der Waals surface area contributed by atoms with Gasteiger partial charge in [-0.15, -0.1) is 0 Å². The average Bonchev–Trinajstić information content (AvgIpc) is 2.47. The quantitative estimate of drug-likeness (QED) is 0.881. The highest BCUT2D eigenvalue weighted by Gasteiger charge is 2.25. The topological polar surface area (TPSA) is 86.7 Å². The van der Waals surface area contributed by atoms with Gasteiger partial charge in [0.15, 0.2) is 0 Å². The third-order valence-electron chi connectivity index (χ3n) is 3.90. The van der Waals surface area contributed by atoms with Gasteiger partial charge in [0.25, 0.3) is 5.91 Å². The summed E-state index contributed by atoms with van der Waals surface area (Å²) in [6.45, 7) is 3.49. The van der Waals surface area contributed by atoms with E-state index in [9.17, 15) is 14.4 Å². The minimum absolute atomic E-state index is 0.0513. The lowest BCUT2D eigenvalue weighted by Crippen LogP contribution is -2.44. The number of aliphatic carboxylic acids is 1. The number of carboxylic acid groups (broad SMARTS) is 1. The summed E-state index contributed by atoms with van der Waals surface area (Å²) in [6.07, 6.45) is 1.00. The fourth-order valence-electron chi connectivity index (χ4n) is 2.54. The second-order valence-corrected chi connectivity index (χ2v) is 5.83. The molecule has 0 bridgehead atoms. The third-order valence-corrected chi connectivity index (χ3v) is 3.90. The Morgan fingerprint density at radius 2 is 1.95 bits per heavy atom. The second kappa shape index (κ2) is 6.17. The van der Waals surface area contributed by atoms with Crippen LogP contribution in [0.4, 0.5) is 5.69 Å². The van der Waals surface area contributed by atoms with Crippen molar-refractivity contribution in [1.82, 2.24) is 5.32 Å². The van der Waals surface area contributed by atoms with E-state index < -0.39 is 17.9 Å². The summed E-state index contributed by atoms with van der Waals surface area (Å²) >= 11 is 0. The summed E-state index contributed by atoms with van der Waals surface area (Å²) in [6, 6.07) is 4.15. The number of hydrogen-bond donors (Lipinski definition) is 2. The molecule has 118 valence electrons. The lowest BCUT2D eigenvalue weighted by atomic mass is 9.98. The maximum absolute atomic E-state index is 12.2. The van der Waals surface area contributed by atoms with Crippen molar-refractivity contribution in [3.05, 3.63) is 29.3 Å². The Hall–Kier alpha value is -2.37. The van der Waals surface area contributed by atoms with Crippen molar-refractivity contribution < 1.29 is 19.5 Å². The third kappa shape index (κ3) is 3.10. The van der Waals surface area contributed by atoms with E-state index in [2.05, 4.69) is 5.32 Å². The van der Waals surface area contributed by atoms with Gasteiger partial charge in [-0.05, 0) is 36.1 Å². The van der Waals surface area contributed by atoms with Crippen LogP contribution in [-0.2, 0) is 16.0 Å². The molecule has 1 aromatic carbocycles. The number of amides is 2. The molecule has 2 N–H and O–H groups in total. The number of carbonyl (C=O) groups excluding carboxylic acids is 2. The Labute approximate surface area is 129 Å². The maximum atomic E-state index is 12.2. The summed E-state index contributed by atoms with van der Waals surface area (Å²) in [7, 11) is 1.71. The smallest absolute Gasteiger partial charge is 0.326 e. The average molecular weight is 304 g/mol. The predicted octanol–water partition coefficient (Wildman–Crippen LogP) is 1.43. The Bertz CT molecular complexity index is 625. The molecule has 2 rings (SSSR count). The highest BCUT2D eigenvalue weighted by molar-refractivity contribution is 6.00. The van der Waals surface area contributed by atoms with Crippen LogP contribution >= 0.6 is 0 Å². The molecule has 0 saturated carbocycles. The Kier molecular flexibility index (Phi) is 4.49. The first kappa shape index (κ1) is 16.0. The van der Waals surface area contributed by atoms with E-state index in [0.717, 1.165) is 11.3 Å². The molecule has 0 aromatic heterocycles. The van der Waals surface area contributed by atoms with E-state index in [1.807, 2.05) is 0 Å². The number of benzene rings is 1. The van der Waals surface area contributed by atoms with Crippen molar-refractivity contribution in [2.75, 3.05) is 11.9 Å². The zero-order valence-electron chi connectivity index (χ0n) is 12.9. The Morgan fingerprint density at radius 1 is 1.27 bits per heavy atom. The van der Waals surface area contributed by atoms with E-state index in [1.165, 1.54) is 0 Å². The molecule has 0 radical (unpaired) electrons. The van der Waals surface area contributed by atoms with Crippen LogP contribution in [0, 0.1) is 5.92 Å². The highest BCUT2D eigenvalue weighted by Crippen LogP contribution is 2.27. The Morgan fingerprint density at radius 3 is 2.55 bits per heavy atom. The van der Waals surface area contributed by atoms with Crippen LogP contribution in [0.2, 0.25) is 0 Å². The van der Waals surface area contributed by atoms with Gasteiger partial charge < -0.3 is 15.3 Å². The second-order valence-electron chi connectivity index (χ2n) is 5.83. The highest BCUT2D eigenvalue weighted by atomic mass is 16.4. The number of hydrogen-bond acceptors (Lipinski definition) is 3. The SMILES string of the molecule is CC(C)[C@@H](NC(=O)c1ccc2c(c1)CCC(=O)N2C)C(=O)O. The number of rotatable bonds is 4. The summed E-state index contributed by atoms with van der Waals surface area (Å²) < 4.78 is 0. The van der Waals surface area contributed by atoms with Gasteiger partial charge in [0.2, 0.25) is 5.91 Å². The molecule has 0 saturated heterocycles. The van der Waals surface area contributed by atoms with Crippen molar-refractivity contribution in [3.63, 3.8) is 0 Å². The summed E-state index contributed by atoms with van der Waals surface area (Å²) in [5.41, 5.74) is 2.13. The molecule has 1 aliphatic rings. The van der Waals surface area contributed by atoms with E-state index >= 15 is 0 Å². The minimum Gasteiger partial charge on any atom is -0.480 e. The molecule has 1 heterocycles. The number of carbonyl (C=O) groups is 3. The molecule has 0 aliphatic carbocycles. The summed E-state index contributed by atoms with van der Waals surface area (Å²) in [5.74, 6) is -1.62. The molecule has 0 fully saturated rings. The number of aryl methyl sites for hydroxylation is 1. The van der Waals surface area contributed by atoms with Crippen LogP contribution in [0.15, 0.2) is 18.2 Å². The molecule has 0 spiro atoms.